The lowest BCUT2D eigenvalue weighted by Gasteiger charge is -2.14. The van der Waals surface area contributed by atoms with Crippen molar-refractivity contribution in [2.24, 2.45) is 7.05 Å². The quantitative estimate of drug-likeness (QED) is 0.587. The van der Waals surface area contributed by atoms with Crippen LogP contribution < -0.4 is 4.74 Å². The van der Waals surface area contributed by atoms with Crippen LogP contribution in [-0.2, 0) is 12.8 Å². The van der Waals surface area contributed by atoms with Crippen LogP contribution in [0.1, 0.15) is 24.4 Å². The molecule has 4 nitrogen and oxygen atoms in total. The SMILES string of the molecule is CC(Oc1ccccc1)c1nnc(SCc2cccc(Cl)c2)n1C. The first-order chi connectivity index (χ1) is 11.6. The lowest BCUT2D eigenvalue weighted by molar-refractivity contribution is 0.211. The number of nitrogens with zero attached hydrogens (tertiary/aromatic N) is 3. The van der Waals surface area contributed by atoms with E-state index in [4.69, 9.17) is 16.3 Å². The molecule has 0 aliphatic carbocycles. The van der Waals surface area contributed by atoms with Crippen molar-refractivity contribution in [3.05, 3.63) is 71.0 Å². The van der Waals surface area contributed by atoms with Gasteiger partial charge in [0.2, 0.25) is 0 Å². The third kappa shape index (κ3) is 4.10. The standard InChI is InChI=1S/C18H18ClN3OS/c1-13(23-16-9-4-3-5-10-16)17-20-21-18(22(17)2)24-12-14-7-6-8-15(19)11-14/h3-11,13H,12H2,1-2H3. The van der Waals surface area contributed by atoms with E-state index in [9.17, 15) is 0 Å². The molecule has 1 heterocycles. The smallest absolute Gasteiger partial charge is 0.191 e. The number of thioether (sulfide) groups is 1. The maximum absolute atomic E-state index is 6.02. The van der Waals surface area contributed by atoms with E-state index in [-0.39, 0.29) is 6.10 Å². The maximum Gasteiger partial charge on any atom is 0.191 e. The van der Waals surface area contributed by atoms with Crippen molar-refractivity contribution in [3.8, 4) is 5.75 Å². The number of hydrogen-bond acceptors (Lipinski definition) is 4. The number of benzene rings is 2. The zero-order chi connectivity index (χ0) is 16.9. The van der Waals surface area contributed by atoms with Gasteiger partial charge in [-0.3, -0.25) is 0 Å². The first-order valence-corrected chi connectivity index (χ1v) is 8.98. The average Bonchev–Trinajstić information content (AvgIpc) is 2.95. The molecule has 0 fully saturated rings. The second kappa shape index (κ2) is 7.73. The summed E-state index contributed by atoms with van der Waals surface area (Å²) in [4.78, 5) is 0. The number of aromatic nitrogens is 3. The fraction of sp³-hybridized carbons (Fsp3) is 0.222. The Kier molecular flexibility index (Phi) is 5.43. The van der Waals surface area contributed by atoms with Crippen molar-refractivity contribution >= 4 is 23.4 Å². The molecular weight excluding hydrogens is 342 g/mol. The molecule has 0 spiro atoms. The predicted octanol–water partition coefficient (Wildman–Crippen LogP) is 4.90. The zero-order valence-electron chi connectivity index (χ0n) is 13.5. The first-order valence-electron chi connectivity index (χ1n) is 7.61. The average molecular weight is 360 g/mol. The molecule has 2 aromatic carbocycles. The van der Waals surface area contributed by atoms with E-state index < -0.39 is 0 Å². The monoisotopic (exact) mass is 359 g/mol. The van der Waals surface area contributed by atoms with E-state index in [0.717, 1.165) is 33.1 Å². The number of ether oxygens (including phenoxy) is 1. The lowest BCUT2D eigenvalue weighted by atomic mass is 10.2. The molecule has 0 radical (unpaired) electrons. The number of rotatable bonds is 6. The molecule has 6 heteroatoms. The van der Waals surface area contributed by atoms with Gasteiger partial charge in [0.05, 0.1) is 0 Å². The molecule has 0 aliphatic heterocycles. The van der Waals surface area contributed by atoms with E-state index in [0.29, 0.717) is 0 Å². The maximum atomic E-state index is 6.02. The van der Waals surface area contributed by atoms with Gasteiger partial charge in [0, 0.05) is 17.8 Å². The van der Waals surface area contributed by atoms with Gasteiger partial charge in [-0.15, -0.1) is 10.2 Å². The van der Waals surface area contributed by atoms with Crippen LogP contribution in [0, 0.1) is 0 Å². The van der Waals surface area contributed by atoms with Gasteiger partial charge >= 0.3 is 0 Å². The van der Waals surface area contributed by atoms with Gasteiger partial charge in [-0.05, 0) is 36.8 Å². The molecular formula is C18H18ClN3OS. The summed E-state index contributed by atoms with van der Waals surface area (Å²) >= 11 is 7.65. The Balaban J connectivity index is 1.67. The summed E-state index contributed by atoms with van der Waals surface area (Å²) in [6.45, 7) is 1.97. The number of hydrogen-bond donors (Lipinski definition) is 0. The van der Waals surface area contributed by atoms with Gasteiger partial charge in [-0.1, -0.05) is 53.7 Å². The van der Waals surface area contributed by atoms with Crippen LogP contribution in [0.2, 0.25) is 5.02 Å². The van der Waals surface area contributed by atoms with E-state index >= 15 is 0 Å². The Labute approximate surface area is 150 Å². The normalized spacial score (nSPS) is 12.1. The van der Waals surface area contributed by atoms with Crippen molar-refractivity contribution in [2.45, 2.75) is 23.9 Å². The highest BCUT2D eigenvalue weighted by Crippen LogP contribution is 2.26. The Bertz CT molecular complexity index is 807. The van der Waals surface area contributed by atoms with E-state index in [2.05, 4.69) is 16.3 Å². The molecule has 0 saturated heterocycles. The molecule has 0 aliphatic rings. The Morgan fingerprint density at radius 1 is 1.12 bits per heavy atom. The van der Waals surface area contributed by atoms with Crippen molar-refractivity contribution in [1.82, 2.24) is 14.8 Å². The number of halogens is 1. The minimum absolute atomic E-state index is 0.176. The van der Waals surface area contributed by atoms with Crippen molar-refractivity contribution in [3.63, 3.8) is 0 Å². The molecule has 0 amide bonds. The van der Waals surface area contributed by atoms with Crippen LogP contribution in [0.3, 0.4) is 0 Å². The van der Waals surface area contributed by atoms with Crippen LogP contribution in [0.15, 0.2) is 59.8 Å². The van der Waals surface area contributed by atoms with Crippen LogP contribution in [0.5, 0.6) is 5.75 Å². The van der Waals surface area contributed by atoms with Gasteiger partial charge in [0.25, 0.3) is 0 Å². The van der Waals surface area contributed by atoms with Gasteiger partial charge in [0.1, 0.15) is 5.75 Å². The van der Waals surface area contributed by atoms with Crippen LogP contribution in [-0.4, -0.2) is 14.8 Å². The van der Waals surface area contributed by atoms with E-state index in [1.54, 1.807) is 11.8 Å². The van der Waals surface area contributed by atoms with Crippen LogP contribution in [0.25, 0.3) is 0 Å². The minimum Gasteiger partial charge on any atom is -0.483 e. The summed E-state index contributed by atoms with van der Waals surface area (Å²) < 4.78 is 7.90. The Hall–Kier alpha value is -1.98. The van der Waals surface area contributed by atoms with Crippen molar-refractivity contribution in [1.29, 1.82) is 0 Å². The highest BCUT2D eigenvalue weighted by atomic mass is 35.5. The molecule has 0 saturated carbocycles. The predicted molar refractivity (Wildman–Crippen MR) is 97.5 cm³/mol. The molecule has 1 atom stereocenters. The fourth-order valence-corrected chi connectivity index (χ4v) is 3.41. The summed E-state index contributed by atoms with van der Waals surface area (Å²) in [7, 11) is 1.96. The summed E-state index contributed by atoms with van der Waals surface area (Å²) in [6, 6.07) is 17.6. The summed E-state index contributed by atoms with van der Waals surface area (Å²) in [5.41, 5.74) is 1.16. The first kappa shape index (κ1) is 16.9. The highest BCUT2D eigenvalue weighted by molar-refractivity contribution is 7.98. The second-order valence-electron chi connectivity index (χ2n) is 5.39. The molecule has 24 heavy (non-hydrogen) atoms. The summed E-state index contributed by atoms with van der Waals surface area (Å²) in [5.74, 6) is 2.41. The van der Waals surface area contributed by atoms with Gasteiger partial charge < -0.3 is 9.30 Å². The van der Waals surface area contributed by atoms with Crippen LogP contribution >= 0.6 is 23.4 Å². The third-order valence-corrected chi connectivity index (χ3v) is 4.87. The fourth-order valence-electron chi connectivity index (χ4n) is 2.34. The third-order valence-electron chi connectivity index (χ3n) is 3.55. The molecule has 1 unspecified atom stereocenters. The Morgan fingerprint density at radius 3 is 2.67 bits per heavy atom. The zero-order valence-corrected chi connectivity index (χ0v) is 15.1. The lowest BCUT2D eigenvalue weighted by Crippen LogP contribution is -2.10. The van der Waals surface area contributed by atoms with Crippen LogP contribution in [0.4, 0.5) is 0 Å². The summed E-state index contributed by atoms with van der Waals surface area (Å²) in [5, 5.41) is 10.2. The van der Waals surface area contributed by atoms with Gasteiger partial charge in [0.15, 0.2) is 17.1 Å². The number of para-hydroxylation sites is 1. The van der Waals surface area contributed by atoms with Gasteiger partial charge in [-0.25, -0.2) is 0 Å². The van der Waals surface area contributed by atoms with E-state index in [1.165, 1.54) is 0 Å². The minimum atomic E-state index is -0.176. The molecule has 3 aromatic rings. The largest absolute Gasteiger partial charge is 0.483 e. The molecule has 1 aromatic heterocycles. The molecule has 0 N–H and O–H groups in total. The molecule has 124 valence electrons. The second-order valence-corrected chi connectivity index (χ2v) is 6.77. The highest BCUT2D eigenvalue weighted by Gasteiger charge is 2.17. The van der Waals surface area contributed by atoms with Crippen molar-refractivity contribution in [2.75, 3.05) is 0 Å². The van der Waals surface area contributed by atoms with E-state index in [1.807, 2.05) is 67.1 Å². The molecule has 0 bridgehead atoms. The van der Waals surface area contributed by atoms with Gasteiger partial charge in [-0.2, -0.15) is 0 Å². The van der Waals surface area contributed by atoms with Crippen molar-refractivity contribution < 1.29 is 4.74 Å². The summed E-state index contributed by atoms with van der Waals surface area (Å²) in [6.07, 6.45) is -0.176. The topological polar surface area (TPSA) is 39.9 Å². The molecule has 3 rings (SSSR count). The Morgan fingerprint density at radius 2 is 1.92 bits per heavy atom.